The average Bonchev–Trinajstić information content (AvgIpc) is 3.00. The van der Waals surface area contributed by atoms with E-state index >= 15 is 0 Å². The molecule has 4 heteroatoms. The lowest BCUT2D eigenvalue weighted by Gasteiger charge is -2.36. The van der Waals surface area contributed by atoms with Gasteiger partial charge < -0.3 is 9.16 Å². The van der Waals surface area contributed by atoms with Crippen LogP contribution in [-0.2, 0) is 14.0 Å². The number of allylic oxidation sites excluding steroid dienone is 7. The van der Waals surface area contributed by atoms with E-state index in [0.29, 0.717) is 11.5 Å². The number of carbonyl (C=O) groups is 1. The van der Waals surface area contributed by atoms with Crippen molar-refractivity contribution in [3.63, 3.8) is 0 Å². The van der Waals surface area contributed by atoms with Gasteiger partial charge in [-0.2, -0.15) is 0 Å². The lowest BCUT2D eigenvalue weighted by atomic mass is 10.1. The van der Waals surface area contributed by atoms with Crippen LogP contribution in [0.1, 0.15) is 182 Å². The molecule has 0 saturated carbocycles. The summed E-state index contributed by atoms with van der Waals surface area (Å²) in [6, 6.07) is 0. The predicted octanol–water partition coefficient (Wildman–Crippen LogP) is 14.2. The van der Waals surface area contributed by atoms with Crippen molar-refractivity contribution in [3.05, 3.63) is 48.6 Å². The molecule has 0 aliphatic carbocycles. The number of rotatable bonds is 31. The van der Waals surface area contributed by atoms with Crippen LogP contribution in [0.4, 0.5) is 0 Å². The fourth-order valence-corrected chi connectivity index (χ4v) is 6.23. The standard InChI is InChI=1S/C42H78O3Si/c1-8-10-12-14-15-16-17-18-19-20-21-24-27-30-34-38-41(43)45-40(36-32-13-11-9-2)37-33-29-26-23-22-25-28-31-35-39-44-46(6,7)42(3,4)5/h10,12,15-16,18-19,29,33,40H,8-9,11,13-14,17,20-28,30-32,34-39H2,1-7H3/b12-10-,16-15-,19-18-,33-29-/t40-/m1/s1. The highest BCUT2D eigenvalue weighted by atomic mass is 28.4. The zero-order valence-electron chi connectivity index (χ0n) is 31.9. The van der Waals surface area contributed by atoms with Crippen LogP contribution in [0.5, 0.6) is 0 Å². The molecule has 0 unspecified atom stereocenters. The summed E-state index contributed by atoms with van der Waals surface area (Å²) in [4.78, 5) is 12.6. The molecule has 0 fully saturated rings. The Morgan fingerprint density at radius 3 is 1.76 bits per heavy atom. The van der Waals surface area contributed by atoms with Crippen LogP contribution in [0, 0.1) is 0 Å². The van der Waals surface area contributed by atoms with E-state index in [4.69, 9.17) is 9.16 Å². The summed E-state index contributed by atoms with van der Waals surface area (Å²) in [5.41, 5.74) is 0. The smallest absolute Gasteiger partial charge is 0.306 e. The first-order valence-corrected chi connectivity index (χ1v) is 22.5. The van der Waals surface area contributed by atoms with E-state index in [0.717, 1.165) is 70.8 Å². The highest BCUT2D eigenvalue weighted by Gasteiger charge is 2.36. The van der Waals surface area contributed by atoms with Crippen molar-refractivity contribution in [2.24, 2.45) is 0 Å². The van der Waals surface area contributed by atoms with Crippen molar-refractivity contribution in [3.8, 4) is 0 Å². The van der Waals surface area contributed by atoms with Crippen molar-refractivity contribution in [1.82, 2.24) is 0 Å². The van der Waals surface area contributed by atoms with E-state index in [9.17, 15) is 4.79 Å². The third-order valence-corrected chi connectivity index (χ3v) is 13.8. The Balaban J connectivity index is 4.02. The van der Waals surface area contributed by atoms with Gasteiger partial charge in [0.1, 0.15) is 6.10 Å². The second-order valence-electron chi connectivity index (χ2n) is 14.8. The molecule has 0 heterocycles. The number of unbranched alkanes of at least 4 members (excludes halogenated alkanes) is 14. The van der Waals surface area contributed by atoms with Gasteiger partial charge >= 0.3 is 5.97 Å². The second-order valence-corrected chi connectivity index (χ2v) is 19.6. The fraction of sp³-hybridized carbons (Fsp3) is 0.786. The average molecular weight is 659 g/mol. The normalized spacial score (nSPS) is 13.6. The Hall–Kier alpha value is -1.39. The first-order valence-electron chi connectivity index (χ1n) is 19.6. The minimum absolute atomic E-state index is 0.00442. The van der Waals surface area contributed by atoms with Crippen LogP contribution in [0.2, 0.25) is 18.1 Å². The summed E-state index contributed by atoms with van der Waals surface area (Å²) < 4.78 is 12.3. The highest BCUT2D eigenvalue weighted by Crippen LogP contribution is 2.36. The molecule has 1 atom stereocenters. The number of ether oxygens (including phenoxy) is 1. The third kappa shape index (κ3) is 28.8. The van der Waals surface area contributed by atoms with Gasteiger partial charge in [-0.25, -0.2) is 0 Å². The van der Waals surface area contributed by atoms with Crippen LogP contribution in [-0.4, -0.2) is 27.0 Å². The van der Waals surface area contributed by atoms with Gasteiger partial charge in [-0.1, -0.05) is 147 Å². The summed E-state index contributed by atoms with van der Waals surface area (Å²) in [5, 5.41) is 0.304. The van der Waals surface area contributed by atoms with Gasteiger partial charge in [-0.05, 0) is 88.8 Å². The maximum absolute atomic E-state index is 12.6. The van der Waals surface area contributed by atoms with Crippen molar-refractivity contribution in [1.29, 1.82) is 0 Å². The van der Waals surface area contributed by atoms with E-state index in [-0.39, 0.29) is 12.1 Å². The van der Waals surface area contributed by atoms with Gasteiger partial charge in [-0.15, -0.1) is 0 Å². The lowest BCUT2D eigenvalue weighted by molar-refractivity contribution is -0.149. The second kappa shape index (κ2) is 30.9. The molecule has 46 heavy (non-hydrogen) atoms. The molecular formula is C42H78O3Si. The molecule has 0 radical (unpaired) electrons. The molecule has 0 aliphatic heterocycles. The van der Waals surface area contributed by atoms with Crippen LogP contribution in [0.25, 0.3) is 0 Å². The predicted molar refractivity (Wildman–Crippen MR) is 207 cm³/mol. The van der Waals surface area contributed by atoms with Crippen LogP contribution in [0.3, 0.4) is 0 Å². The van der Waals surface area contributed by atoms with Gasteiger partial charge in [-0.3, -0.25) is 4.79 Å². The molecule has 0 N–H and O–H groups in total. The Morgan fingerprint density at radius 2 is 1.15 bits per heavy atom. The minimum atomic E-state index is -1.59. The maximum atomic E-state index is 12.6. The Bertz CT molecular complexity index is 802. The highest BCUT2D eigenvalue weighted by molar-refractivity contribution is 6.74. The number of esters is 1. The van der Waals surface area contributed by atoms with Gasteiger partial charge in [0.05, 0.1) is 0 Å². The monoisotopic (exact) mass is 659 g/mol. The largest absolute Gasteiger partial charge is 0.462 e. The molecule has 268 valence electrons. The third-order valence-electron chi connectivity index (χ3n) is 9.31. The molecule has 0 aromatic heterocycles. The number of hydrogen-bond acceptors (Lipinski definition) is 3. The summed E-state index contributed by atoms with van der Waals surface area (Å²) >= 11 is 0. The summed E-state index contributed by atoms with van der Waals surface area (Å²) in [7, 11) is -1.59. The van der Waals surface area contributed by atoms with Crippen LogP contribution < -0.4 is 0 Å². The molecule has 0 rings (SSSR count). The maximum Gasteiger partial charge on any atom is 0.306 e. The van der Waals surface area contributed by atoms with E-state index in [1.54, 1.807) is 0 Å². The van der Waals surface area contributed by atoms with Gasteiger partial charge in [0.25, 0.3) is 0 Å². The fourth-order valence-electron chi connectivity index (χ4n) is 5.14. The molecule has 0 aromatic rings. The zero-order valence-corrected chi connectivity index (χ0v) is 32.9. The molecule has 0 bridgehead atoms. The van der Waals surface area contributed by atoms with Crippen molar-refractivity contribution in [2.45, 2.75) is 207 Å². The first-order chi connectivity index (χ1) is 22.1. The van der Waals surface area contributed by atoms with E-state index in [1.807, 2.05) is 0 Å². The summed E-state index contributed by atoms with van der Waals surface area (Å²) in [5.74, 6) is 0.00442. The molecule has 0 aliphatic rings. The van der Waals surface area contributed by atoms with Gasteiger partial charge in [0.15, 0.2) is 8.32 Å². The van der Waals surface area contributed by atoms with E-state index in [2.05, 4.69) is 96.3 Å². The van der Waals surface area contributed by atoms with Gasteiger partial charge in [0.2, 0.25) is 0 Å². The SMILES string of the molecule is CC/C=C\C/C=C\C/C=C\CCCCCCCC(=O)O[C@@H](C/C=C\CCCCCCCCO[Si](C)(C)C(C)(C)C)CCCCCC. The van der Waals surface area contributed by atoms with E-state index < -0.39 is 8.32 Å². The summed E-state index contributed by atoms with van der Waals surface area (Å²) in [6.45, 7) is 17.0. The number of hydrogen-bond donors (Lipinski definition) is 0. The van der Waals surface area contributed by atoms with E-state index in [1.165, 1.54) is 77.0 Å². The van der Waals surface area contributed by atoms with Crippen molar-refractivity contribution >= 4 is 14.3 Å². The summed E-state index contributed by atoms with van der Waals surface area (Å²) in [6.07, 6.45) is 44.4. The van der Waals surface area contributed by atoms with Crippen molar-refractivity contribution in [2.75, 3.05) is 6.61 Å². The molecule has 0 spiro atoms. The Kier molecular flexibility index (Phi) is 30.0. The van der Waals surface area contributed by atoms with Crippen LogP contribution >= 0.6 is 0 Å². The number of carbonyl (C=O) groups excluding carboxylic acids is 1. The molecule has 0 aromatic carbocycles. The molecule has 0 saturated heterocycles. The molecule has 0 amide bonds. The quantitative estimate of drug-likeness (QED) is 0.0322. The topological polar surface area (TPSA) is 35.5 Å². The molecular weight excluding hydrogens is 581 g/mol. The zero-order chi connectivity index (χ0) is 34.2. The van der Waals surface area contributed by atoms with Crippen molar-refractivity contribution < 1.29 is 14.0 Å². The lowest BCUT2D eigenvalue weighted by Crippen LogP contribution is -2.40. The first kappa shape index (κ1) is 44.6. The van der Waals surface area contributed by atoms with Crippen LogP contribution in [0.15, 0.2) is 48.6 Å². The van der Waals surface area contributed by atoms with Gasteiger partial charge in [0, 0.05) is 19.4 Å². The Morgan fingerprint density at radius 1 is 0.630 bits per heavy atom. The minimum Gasteiger partial charge on any atom is -0.462 e. The molecule has 3 nitrogen and oxygen atoms in total. The Labute approximate surface area is 289 Å².